The summed E-state index contributed by atoms with van der Waals surface area (Å²) in [5.41, 5.74) is 1.11. The number of benzene rings is 1. The first-order valence-electron chi connectivity index (χ1n) is 2.74. The van der Waals surface area contributed by atoms with Crippen LogP contribution < -0.4 is 0 Å². The summed E-state index contributed by atoms with van der Waals surface area (Å²) in [6, 6.07) is 5.77. The Morgan fingerprint density at radius 3 is 2.60 bits per heavy atom. The Bertz CT molecular complexity index is 235. The Kier molecular flexibility index (Phi) is 3.27. The standard InChI is InChI=1S/C7H5Cl2I/c8-4-5-1-2-6(9)7(10)3-5/h1-3H,4H2. The van der Waals surface area contributed by atoms with Crippen LogP contribution in [0.1, 0.15) is 5.56 Å². The summed E-state index contributed by atoms with van der Waals surface area (Å²) < 4.78 is 1.05. The van der Waals surface area contributed by atoms with Crippen LogP contribution in [-0.4, -0.2) is 0 Å². The van der Waals surface area contributed by atoms with Crippen molar-refractivity contribution in [1.82, 2.24) is 0 Å². The molecule has 0 bridgehead atoms. The fourth-order valence-electron chi connectivity index (χ4n) is 0.623. The van der Waals surface area contributed by atoms with Crippen LogP contribution in [0.4, 0.5) is 0 Å². The van der Waals surface area contributed by atoms with Gasteiger partial charge in [-0.25, -0.2) is 0 Å². The van der Waals surface area contributed by atoms with E-state index in [2.05, 4.69) is 22.6 Å². The Hall–Kier alpha value is 0.530. The van der Waals surface area contributed by atoms with Gasteiger partial charge >= 0.3 is 0 Å². The highest BCUT2D eigenvalue weighted by atomic mass is 127. The van der Waals surface area contributed by atoms with Gasteiger partial charge in [0.2, 0.25) is 0 Å². The molecule has 0 saturated heterocycles. The third-order valence-corrected chi connectivity index (χ3v) is 2.99. The van der Waals surface area contributed by atoms with E-state index in [1.165, 1.54) is 0 Å². The summed E-state index contributed by atoms with van der Waals surface area (Å²) in [5, 5.41) is 0.787. The Labute approximate surface area is 83.7 Å². The molecule has 0 aliphatic rings. The fourth-order valence-corrected chi connectivity index (χ4v) is 1.49. The van der Waals surface area contributed by atoms with Gasteiger partial charge in [-0.3, -0.25) is 0 Å². The van der Waals surface area contributed by atoms with E-state index in [1.54, 1.807) is 0 Å². The summed E-state index contributed by atoms with van der Waals surface area (Å²) in [6.07, 6.45) is 0. The number of hydrogen-bond acceptors (Lipinski definition) is 0. The highest BCUT2D eigenvalue weighted by molar-refractivity contribution is 14.1. The molecule has 0 unspecified atom stereocenters. The topological polar surface area (TPSA) is 0 Å². The van der Waals surface area contributed by atoms with Crippen molar-refractivity contribution in [1.29, 1.82) is 0 Å². The normalized spacial score (nSPS) is 9.90. The maximum Gasteiger partial charge on any atom is 0.0539 e. The molecule has 0 aromatic heterocycles. The number of hydrogen-bond donors (Lipinski definition) is 0. The zero-order chi connectivity index (χ0) is 7.56. The van der Waals surface area contributed by atoms with Gasteiger partial charge in [0.25, 0.3) is 0 Å². The van der Waals surface area contributed by atoms with E-state index in [0.29, 0.717) is 5.88 Å². The van der Waals surface area contributed by atoms with Crippen LogP contribution >= 0.6 is 45.8 Å². The molecule has 3 heteroatoms. The van der Waals surface area contributed by atoms with Gasteiger partial charge in [-0.05, 0) is 40.3 Å². The molecule has 1 aromatic rings. The van der Waals surface area contributed by atoms with Gasteiger partial charge < -0.3 is 0 Å². The molecule has 0 aliphatic carbocycles. The van der Waals surface area contributed by atoms with Crippen LogP contribution in [0.15, 0.2) is 18.2 Å². The number of rotatable bonds is 1. The predicted molar refractivity (Wildman–Crippen MR) is 53.7 cm³/mol. The molecule has 0 radical (unpaired) electrons. The molecule has 0 spiro atoms. The summed E-state index contributed by atoms with van der Waals surface area (Å²) in [6.45, 7) is 0. The van der Waals surface area contributed by atoms with Crippen molar-refractivity contribution in [2.45, 2.75) is 5.88 Å². The molecule has 0 aliphatic heterocycles. The molecule has 54 valence electrons. The average molecular weight is 287 g/mol. The van der Waals surface area contributed by atoms with E-state index in [4.69, 9.17) is 23.2 Å². The van der Waals surface area contributed by atoms with Crippen molar-refractivity contribution < 1.29 is 0 Å². The van der Waals surface area contributed by atoms with Gasteiger partial charge in [0.05, 0.1) is 5.02 Å². The van der Waals surface area contributed by atoms with Gasteiger partial charge in [0.15, 0.2) is 0 Å². The van der Waals surface area contributed by atoms with E-state index in [1.807, 2.05) is 18.2 Å². The minimum absolute atomic E-state index is 0.549. The van der Waals surface area contributed by atoms with E-state index < -0.39 is 0 Å². The minimum Gasteiger partial charge on any atom is -0.122 e. The molecule has 0 saturated carbocycles. The monoisotopic (exact) mass is 286 g/mol. The van der Waals surface area contributed by atoms with E-state index in [-0.39, 0.29) is 0 Å². The van der Waals surface area contributed by atoms with Gasteiger partial charge in [-0.1, -0.05) is 17.7 Å². The third-order valence-electron chi connectivity index (χ3n) is 1.14. The Balaban J connectivity index is 3.04. The zero-order valence-electron chi connectivity index (χ0n) is 5.07. The summed E-state index contributed by atoms with van der Waals surface area (Å²) in [7, 11) is 0. The van der Waals surface area contributed by atoms with Crippen LogP contribution in [0.25, 0.3) is 0 Å². The highest BCUT2D eigenvalue weighted by Crippen LogP contribution is 2.19. The first-order valence-corrected chi connectivity index (χ1v) is 4.73. The Morgan fingerprint density at radius 1 is 1.40 bits per heavy atom. The predicted octanol–water partition coefficient (Wildman–Crippen LogP) is 3.68. The zero-order valence-corrected chi connectivity index (χ0v) is 8.74. The average Bonchev–Trinajstić information content (AvgIpc) is 1.95. The number of halogens is 3. The van der Waals surface area contributed by atoms with Crippen LogP contribution in [0.2, 0.25) is 5.02 Å². The molecule has 1 rings (SSSR count). The second-order valence-corrected chi connectivity index (χ2v) is 3.72. The lowest BCUT2D eigenvalue weighted by Gasteiger charge is -1.97. The van der Waals surface area contributed by atoms with Crippen molar-refractivity contribution in [3.05, 3.63) is 32.4 Å². The van der Waals surface area contributed by atoms with Gasteiger partial charge in [0, 0.05) is 9.45 Å². The molecule has 0 atom stereocenters. The van der Waals surface area contributed by atoms with Crippen molar-refractivity contribution in [2.75, 3.05) is 0 Å². The fraction of sp³-hybridized carbons (Fsp3) is 0.143. The van der Waals surface area contributed by atoms with E-state index in [9.17, 15) is 0 Å². The maximum absolute atomic E-state index is 5.79. The summed E-state index contributed by atoms with van der Waals surface area (Å²) in [4.78, 5) is 0. The molecular formula is C7H5Cl2I. The first kappa shape index (κ1) is 8.62. The largest absolute Gasteiger partial charge is 0.122 e. The quantitative estimate of drug-likeness (QED) is 0.546. The Morgan fingerprint density at radius 2 is 2.10 bits per heavy atom. The molecule has 0 heterocycles. The molecule has 0 fully saturated rings. The molecular weight excluding hydrogens is 282 g/mol. The maximum atomic E-state index is 5.79. The molecule has 0 amide bonds. The summed E-state index contributed by atoms with van der Waals surface area (Å²) in [5.74, 6) is 0.549. The lowest BCUT2D eigenvalue weighted by Crippen LogP contribution is -1.79. The lowest BCUT2D eigenvalue weighted by atomic mass is 10.2. The molecule has 10 heavy (non-hydrogen) atoms. The smallest absolute Gasteiger partial charge is 0.0539 e. The van der Waals surface area contributed by atoms with Crippen LogP contribution in [0.5, 0.6) is 0 Å². The van der Waals surface area contributed by atoms with Crippen LogP contribution in [-0.2, 0) is 5.88 Å². The SMILES string of the molecule is ClCc1ccc(Cl)c(I)c1. The van der Waals surface area contributed by atoms with Crippen LogP contribution in [0, 0.1) is 3.57 Å². The van der Waals surface area contributed by atoms with Crippen molar-refractivity contribution >= 4 is 45.8 Å². The molecule has 0 nitrogen and oxygen atoms in total. The number of alkyl halides is 1. The molecule has 1 aromatic carbocycles. The first-order chi connectivity index (χ1) is 4.74. The lowest BCUT2D eigenvalue weighted by molar-refractivity contribution is 1.39. The van der Waals surface area contributed by atoms with Crippen LogP contribution in [0.3, 0.4) is 0 Å². The van der Waals surface area contributed by atoms with Gasteiger partial charge in [-0.2, -0.15) is 0 Å². The second kappa shape index (κ2) is 3.79. The van der Waals surface area contributed by atoms with E-state index in [0.717, 1.165) is 14.2 Å². The molecule has 0 N–H and O–H groups in total. The second-order valence-electron chi connectivity index (χ2n) is 1.88. The summed E-state index contributed by atoms with van der Waals surface area (Å²) >= 11 is 13.6. The van der Waals surface area contributed by atoms with E-state index >= 15 is 0 Å². The van der Waals surface area contributed by atoms with Gasteiger partial charge in [-0.15, -0.1) is 11.6 Å². The highest BCUT2D eigenvalue weighted by Gasteiger charge is 1.96. The van der Waals surface area contributed by atoms with Crippen molar-refractivity contribution in [2.24, 2.45) is 0 Å². The van der Waals surface area contributed by atoms with Crippen molar-refractivity contribution in [3.8, 4) is 0 Å². The minimum atomic E-state index is 0.549. The van der Waals surface area contributed by atoms with Crippen molar-refractivity contribution in [3.63, 3.8) is 0 Å². The third kappa shape index (κ3) is 2.01. The van der Waals surface area contributed by atoms with Gasteiger partial charge in [0.1, 0.15) is 0 Å².